The Morgan fingerprint density at radius 1 is 1.24 bits per heavy atom. The zero-order valence-electron chi connectivity index (χ0n) is 11.9. The third kappa shape index (κ3) is 4.70. The van der Waals surface area contributed by atoms with Crippen molar-refractivity contribution in [1.29, 1.82) is 0 Å². The summed E-state index contributed by atoms with van der Waals surface area (Å²) in [5, 5.41) is 13.3. The summed E-state index contributed by atoms with van der Waals surface area (Å²) in [6.45, 7) is 5.23. The molecule has 1 unspecified atom stereocenters. The number of pyridine rings is 1. The van der Waals surface area contributed by atoms with Crippen molar-refractivity contribution >= 4 is 0 Å². The Labute approximate surface area is 125 Å². The molecule has 1 atom stereocenters. The van der Waals surface area contributed by atoms with E-state index in [0.29, 0.717) is 19.7 Å². The van der Waals surface area contributed by atoms with Gasteiger partial charge in [0.1, 0.15) is 12.4 Å². The van der Waals surface area contributed by atoms with E-state index in [1.807, 2.05) is 36.4 Å². The van der Waals surface area contributed by atoms with Crippen LogP contribution < -0.4 is 10.1 Å². The third-order valence-corrected chi connectivity index (χ3v) is 3.07. The number of aliphatic hydroxyl groups excluding tert-OH is 1. The van der Waals surface area contributed by atoms with Crippen molar-refractivity contribution < 1.29 is 9.84 Å². The van der Waals surface area contributed by atoms with Gasteiger partial charge in [0.05, 0.1) is 6.10 Å². The van der Waals surface area contributed by atoms with Gasteiger partial charge in [0, 0.05) is 31.0 Å². The number of nitrogens with one attached hydrogen (secondary N) is 1. The van der Waals surface area contributed by atoms with Gasteiger partial charge in [-0.1, -0.05) is 30.9 Å². The van der Waals surface area contributed by atoms with Gasteiger partial charge < -0.3 is 15.2 Å². The second kappa shape index (κ2) is 8.19. The van der Waals surface area contributed by atoms with Crippen molar-refractivity contribution in [2.75, 3.05) is 13.2 Å². The normalized spacial score (nSPS) is 11.9. The molecule has 0 spiro atoms. The first-order valence-electron chi connectivity index (χ1n) is 6.91. The number of nitrogens with zero attached hydrogens (tertiary/aromatic N) is 1. The van der Waals surface area contributed by atoms with E-state index in [2.05, 4.69) is 16.9 Å². The van der Waals surface area contributed by atoms with Crippen LogP contribution in [0.1, 0.15) is 17.2 Å². The number of hydrogen-bond acceptors (Lipinski definition) is 4. The summed E-state index contributed by atoms with van der Waals surface area (Å²) in [5.41, 5.74) is 1.91. The molecule has 2 N–H and O–H groups in total. The number of para-hydroxylation sites is 1. The summed E-state index contributed by atoms with van der Waals surface area (Å²) in [6, 6.07) is 11.5. The summed E-state index contributed by atoms with van der Waals surface area (Å²) >= 11 is 0. The summed E-state index contributed by atoms with van der Waals surface area (Å²) in [5.74, 6) is 0.836. The Kier molecular flexibility index (Phi) is 5.94. The first kappa shape index (κ1) is 15.2. The highest BCUT2D eigenvalue weighted by atomic mass is 16.5. The zero-order chi connectivity index (χ0) is 14.9. The van der Waals surface area contributed by atoms with Crippen LogP contribution >= 0.6 is 0 Å². The van der Waals surface area contributed by atoms with E-state index in [4.69, 9.17) is 4.74 Å². The molecule has 1 heterocycles. The second-order valence-electron chi connectivity index (χ2n) is 4.63. The van der Waals surface area contributed by atoms with Gasteiger partial charge >= 0.3 is 0 Å². The Morgan fingerprint density at radius 3 is 2.76 bits per heavy atom. The molecule has 0 aliphatic heterocycles. The number of hydrogen-bond donors (Lipinski definition) is 2. The van der Waals surface area contributed by atoms with Crippen LogP contribution in [0.5, 0.6) is 5.75 Å². The van der Waals surface area contributed by atoms with Gasteiger partial charge in [0.15, 0.2) is 0 Å². The van der Waals surface area contributed by atoms with E-state index < -0.39 is 6.10 Å². The largest absolute Gasteiger partial charge is 0.489 e. The highest BCUT2D eigenvalue weighted by Gasteiger charge is 2.07. The van der Waals surface area contributed by atoms with Gasteiger partial charge in [-0.05, 0) is 23.8 Å². The lowest BCUT2D eigenvalue weighted by molar-refractivity contribution is 0.174. The van der Waals surface area contributed by atoms with Gasteiger partial charge in [-0.15, -0.1) is 0 Å². The van der Waals surface area contributed by atoms with Crippen LogP contribution in [0.15, 0.2) is 61.4 Å². The number of aromatic nitrogens is 1. The molecule has 0 aliphatic carbocycles. The van der Waals surface area contributed by atoms with Crippen molar-refractivity contribution in [2.45, 2.75) is 12.6 Å². The highest BCUT2D eigenvalue weighted by molar-refractivity contribution is 5.33. The standard InChI is InChI=1S/C17H20N2O2/c1-2-11-21-17-6-4-3-5-15(17)12-19-13-16(20)14-7-9-18-10-8-14/h2-10,16,19-20H,1,11-13H2. The minimum absolute atomic E-state index is 0.472. The molecule has 2 aromatic rings. The third-order valence-electron chi connectivity index (χ3n) is 3.07. The number of ether oxygens (including phenoxy) is 1. The van der Waals surface area contributed by atoms with E-state index >= 15 is 0 Å². The van der Waals surface area contributed by atoms with Gasteiger partial charge in [0.25, 0.3) is 0 Å². The van der Waals surface area contributed by atoms with E-state index in [0.717, 1.165) is 16.9 Å². The number of rotatable bonds is 8. The molecular weight excluding hydrogens is 264 g/mol. The summed E-state index contributed by atoms with van der Waals surface area (Å²) in [6.07, 6.45) is 4.53. The van der Waals surface area contributed by atoms with Crippen molar-refractivity contribution in [3.05, 3.63) is 72.6 Å². The lowest BCUT2D eigenvalue weighted by atomic mass is 10.1. The van der Waals surface area contributed by atoms with E-state index in [9.17, 15) is 5.11 Å². The molecule has 4 heteroatoms. The summed E-state index contributed by atoms with van der Waals surface area (Å²) in [7, 11) is 0. The minimum Gasteiger partial charge on any atom is -0.489 e. The lowest BCUT2D eigenvalue weighted by Crippen LogP contribution is -2.21. The van der Waals surface area contributed by atoms with Crippen molar-refractivity contribution in [3.8, 4) is 5.75 Å². The van der Waals surface area contributed by atoms with Crippen LogP contribution in [0.3, 0.4) is 0 Å². The van der Waals surface area contributed by atoms with Crippen LogP contribution in [0, 0.1) is 0 Å². The van der Waals surface area contributed by atoms with Gasteiger partial charge in [-0.25, -0.2) is 0 Å². The molecule has 0 saturated carbocycles. The lowest BCUT2D eigenvalue weighted by Gasteiger charge is -2.14. The fourth-order valence-corrected chi connectivity index (χ4v) is 1.99. The SMILES string of the molecule is C=CCOc1ccccc1CNCC(O)c1ccncc1. The molecular formula is C17H20N2O2. The quantitative estimate of drug-likeness (QED) is 0.731. The number of benzene rings is 1. The van der Waals surface area contributed by atoms with Crippen molar-refractivity contribution in [2.24, 2.45) is 0 Å². The Hall–Kier alpha value is -2.17. The monoisotopic (exact) mass is 284 g/mol. The predicted octanol–water partition coefficient (Wildman–Crippen LogP) is 2.47. The fraction of sp³-hybridized carbons (Fsp3) is 0.235. The predicted molar refractivity (Wildman–Crippen MR) is 83.0 cm³/mol. The summed E-state index contributed by atoms with van der Waals surface area (Å²) < 4.78 is 5.60. The average molecular weight is 284 g/mol. The molecule has 0 amide bonds. The molecule has 4 nitrogen and oxygen atoms in total. The maximum Gasteiger partial charge on any atom is 0.124 e. The van der Waals surface area contributed by atoms with Crippen LogP contribution in [-0.2, 0) is 6.54 Å². The molecule has 110 valence electrons. The molecule has 0 aliphatic rings. The molecule has 1 aromatic carbocycles. The maximum atomic E-state index is 10.1. The Bertz CT molecular complexity index is 558. The Morgan fingerprint density at radius 2 is 2.00 bits per heavy atom. The molecule has 21 heavy (non-hydrogen) atoms. The van der Waals surface area contributed by atoms with Gasteiger partial charge in [0.2, 0.25) is 0 Å². The average Bonchev–Trinajstić information content (AvgIpc) is 2.54. The molecule has 0 saturated heterocycles. The van der Waals surface area contributed by atoms with Crippen molar-refractivity contribution in [3.63, 3.8) is 0 Å². The maximum absolute atomic E-state index is 10.1. The Balaban J connectivity index is 1.87. The highest BCUT2D eigenvalue weighted by Crippen LogP contribution is 2.18. The van der Waals surface area contributed by atoms with Crippen molar-refractivity contribution in [1.82, 2.24) is 10.3 Å². The molecule has 0 bridgehead atoms. The smallest absolute Gasteiger partial charge is 0.124 e. The first-order chi connectivity index (χ1) is 10.3. The van der Waals surface area contributed by atoms with Crippen LogP contribution in [0.4, 0.5) is 0 Å². The van der Waals surface area contributed by atoms with Gasteiger partial charge in [-0.3, -0.25) is 4.98 Å². The number of aliphatic hydroxyl groups is 1. The topological polar surface area (TPSA) is 54.4 Å². The fourth-order valence-electron chi connectivity index (χ4n) is 1.99. The van der Waals surface area contributed by atoms with Crippen LogP contribution in [-0.4, -0.2) is 23.2 Å². The van der Waals surface area contributed by atoms with Crippen LogP contribution in [0.25, 0.3) is 0 Å². The molecule has 1 aromatic heterocycles. The molecule has 2 rings (SSSR count). The molecule has 0 fully saturated rings. The van der Waals surface area contributed by atoms with Crippen LogP contribution in [0.2, 0.25) is 0 Å². The van der Waals surface area contributed by atoms with Gasteiger partial charge in [-0.2, -0.15) is 0 Å². The second-order valence-corrected chi connectivity index (χ2v) is 4.63. The summed E-state index contributed by atoms with van der Waals surface area (Å²) in [4.78, 5) is 3.94. The minimum atomic E-state index is -0.547. The van der Waals surface area contributed by atoms with E-state index in [1.54, 1.807) is 18.5 Å². The first-order valence-corrected chi connectivity index (χ1v) is 6.91. The molecule has 0 radical (unpaired) electrons. The zero-order valence-corrected chi connectivity index (χ0v) is 11.9. The van der Waals surface area contributed by atoms with E-state index in [1.165, 1.54) is 0 Å². The van der Waals surface area contributed by atoms with E-state index in [-0.39, 0.29) is 0 Å².